The first-order valence-corrected chi connectivity index (χ1v) is 5.30. The Morgan fingerprint density at radius 3 is 3.00 bits per heavy atom. The molecule has 5 nitrogen and oxygen atoms in total. The first-order valence-electron chi connectivity index (χ1n) is 5.30. The molecule has 0 aliphatic rings. The maximum Gasteiger partial charge on any atom is 0.191 e. The fourth-order valence-electron chi connectivity index (χ4n) is 1.46. The number of aromatic nitrogens is 2. The van der Waals surface area contributed by atoms with Crippen LogP contribution in [0.2, 0.25) is 0 Å². The van der Waals surface area contributed by atoms with Crippen LogP contribution in [0.15, 0.2) is 28.9 Å². The lowest BCUT2D eigenvalue weighted by molar-refractivity contribution is 0.316. The number of nitrogens with zero attached hydrogens (tertiary/aromatic N) is 3. The molecule has 0 saturated heterocycles. The van der Waals surface area contributed by atoms with E-state index in [0.29, 0.717) is 29.2 Å². The van der Waals surface area contributed by atoms with Crippen LogP contribution in [0.4, 0.5) is 0 Å². The highest BCUT2D eigenvalue weighted by Crippen LogP contribution is 2.32. The van der Waals surface area contributed by atoms with Crippen molar-refractivity contribution in [2.24, 2.45) is 0 Å². The molecule has 17 heavy (non-hydrogen) atoms. The van der Waals surface area contributed by atoms with E-state index in [1.165, 1.54) is 6.20 Å². The molecule has 0 radical (unpaired) electrons. The van der Waals surface area contributed by atoms with Crippen LogP contribution in [0, 0.1) is 11.3 Å². The Hall–Kier alpha value is -2.35. The SMILES string of the molecule is CCCOc1c(C#N)cccc1-c1cnno1. The fourth-order valence-corrected chi connectivity index (χ4v) is 1.46. The van der Waals surface area contributed by atoms with Gasteiger partial charge in [-0.25, -0.2) is 0 Å². The molecule has 0 aliphatic carbocycles. The Morgan fingerprint density at radius 2 is 2.35 bits per heavy atom. The van der Waals surface area contributed by atoms with E-state index < -0.39 is 0 Å². The van der Waals surface area contributed by atoms with Crippen LogP contribution in [0.1, 0.15) is 18.9 Å². The lowest BCUT2D eigenvalue weighted by Crippen LogP contribution is -1.99. The molecule has 0 fully saturated rings. The van der Waals surface area contributed by atoms with Crippen molar-refractivity contribution in [3.8, 4) is 23.1 Å². The van der Waals surface area contributed by atoms with Crippen molar-refractivity contribution in [3.63, 3.8) is 0 Å². The van der Waals surface area contributed by atoms with Gasteiger partial charge in [-0.3, -0.25) is 0 Å². The Kier molecular flexibility index (Phi) is 3.36. The summed E-state index contributed by atoms with van der Waals surface area (Å²) in [5, 5.41) is 16.1. The zero-order chi connectivity index (χ0) is 12.1. The molecule has 2 aromatic rings. The smallest absolute Gasteiger partial charge is 0.191 e. The van der Waals surface area contributed by atoms with Crippen molar-refractivity contribution in [2.45, 2.75) is 13.3 Å². The number of para-hydroxylation sites is 1. The molecular weight excluding hydrogens is 218 g/mol. The number of ether oxygens (including phenoxy) is 1. The van der Waals surface area contributed by atoms with Crippen molar-refractivity contribution in [1.29, 1.82) is 5.26 Å². The summed E-state index contributed by atoms with van der Waals surface area (Å²) in [5.74, 6) is 1.02. The monoisotopic (exact) mass is 229 g/mol. The van der Waals surface area contributed by atoms with Crippen LogP contribution < -0.4 is 4.74 Å². The maximum absolute atomic E-state index is 9.05. The van der Waals surface area contributed by atoms with Crippen molar-refractivity contribution >= 4 is 0 Å². The average Bonchev–Trinajstić information content (AvgIpc) is 2.89. The number of hydrogen-bond donors (Lipinski definition) is 0. The molecule has 0 aliphatic heterocycles. The highest BCUT2D eigenvalue weighted by atomic mass is 16.5. The van der Waals surface area contributed by atoms with E-state index in [1.54, 1.807) is 12.1 Å². The van der Waals surface area contributed by atoms with Gasteiger partial charge in [0.15, 0.2) is 5.76 Å². The summed E-state index contributed by atoms with van der Waals surface area (Å²) in [7, 11) is 0. The summed E-state index contributed by atoms with van der Waals surface area (Å²) >= 11 is 0. The molecule has 1 aromatic heterocycles. The van der Waals surface area contributed by atoms with Crippen LogP contribution in [-0.4, -0.2) is 17.0 Å². The lowest BCUT2D eigenvalue weighted by atomic mass is 10.1. The van der Waals surface area contributed by atoms with Crippen molar-refractivity contribution < 1.29 is 9.26 Å². The van der Waals surface area contributed by atoms with Gasteiger partial charge in [-0.2, -0.15) is 5.26 Å². The lowest BCUT2D eigenvalue weighted by Gasteiger charge is -2.09. The Balaban J connectivity index is 2.47. The zero-order valence-corrected chi connectivity index (χ0v) is 9.38. The maximum atomic E-state index is 9.05. The van der Waals surface area contributed by atoms with Crippen molar-refractivity contribution in [2.75, 3.05) is 6.61 Å². The van der Waals surface area contributed by atoms with Crippen LogP contribution in [-0.2, 0) is 0 Å². The van der Waals surface area contributed by atoms with E-state index >= 15 is 0 Å². The van der Waals surface area contributed by atoms with Gasteiger partial charge in [-0.1, -0.05) is 13.0 Å². The second-order valence-corrected chi connectivity index (χ2v) is 3.42. The minimum absolute atomic E-state index is 0.479. The van der Waals surface area contributed by atoms with Crippen molar-refractivity contribution in [3.05, 3.63) is 30.0 Å². The van der Waals surface area contributed by atoms with Crippen molar-refractivity contribution in [1.82, 2.24) is 10.4 Å². The summed E-state index contributed by atoms with van der Waals surface area (Å²) in [5.41, 5.74) is 1.18. The molecule has 0 saturated carbocycles. The van der Waals surface area contributed by atoms with Crippen LogP contribution in [0.5, 0.6) is 5.75 Å². The van der Waals surface area contributed by atoms with E-state index in [0.717, 1.165) is 6.42 Å². The van der Waals surface area contributed by atoms with Gasteiger partial charge >= 0.3 is 0 Å². The summed E-state index contributed by atoms with van der Waals surface area (Å²) in [6.45, 7) is 2.55. The second kappa shape index (κ2) is 5.12. The first-order chi connectivity index (χ1) is 8.36. The number of benzene rings is 1. The van der Waals surface area contributed by atoms with Crippen LogP contribution in [0.3, 0.4) is 0 Å². The van der Waals surface area contributed by atoms with Gasteiger partial charge in [0.1, 0.15) is 11.8 Å². The number of hydrogen-bond acceptors (Lipinski definition) is 5. The molecule has 5 heteroatoms. The minimum atomic E-state index is 0.479. The molecule has 0 amide bonds. The van der Waals surface area contributed by atoms with Crippen LogP contribution >= 0.6 is 0 Å². The Bertz CT molecular complexity index is 529. The number of nitriles is 1. The highest BCUT2D eigenvalue weighted by molar-refractivity contribution is 5.69. The predicted octanol–water partition coefficient (Wildman–Crippen LogP) is 2.40. The molecular formula is C12H11N3O2. The van der Waals surface area contributed by atoms with E-state index in [-0.39, 0.29) is 0 Å². The third-order valence-corrected chi connectivity index (χ3v) is 2.21. The molecule has 1 aromatic carbocycles. The molecule has 86 valence electrons. The third kappa shape index (κ3) is 2.26. The van der Waals surface area contributed by atoms with Gasteiger partial charge in [0.2, 0.25) is 0 Å². The van der Waals surface area contributed by atoms with Crippen LogP contribution in [0.25, 0.3) is 11.3 Å². The number of rotatable bonds is 4. The first kappa shape index (κ1) is 11.1. The summed E-state index contributed by atoms with van der Waals surface area (Å²) in [6.07, 6.45) is 2.36. The van der Waals surface area contributed by atoms with Gasteiger partial charge in [0.25, 0.3) is 0 Å². The standard InChI is InChI=1S/C12H11N3O2/c1-2-6-16-12-9(7-13)4-3-5-10(12)11-8-14-15-17-11/h3-5,8H,2,6H2,1H3. The summed E-state index contributed by atoms with van der Waals surface area (Å²) in [4.78, 5) is 0. The normalized spacial score (nSPS) is 9.88. The molecule has 0 spiro atoms. The van der Waals surface area contributed by atoms with E-state index in [9.17, 15) is 0 Å². The van der Waals surface area contributed by atoms with E-state index in [4.69, 9.17) is 14.5 Å². The molecule has 0 atom stereocenters. The molecule has 0 bridgehead atoms. The predicted molar refractivity (Wildman–Crippen MR) is 60.2 cm³/mol. The fraction of sp³-hybridized carbons (Fsp3) is 0.250. The Labute approximate surface area is 98.6 Å². The van der Waals surface area contributed by atoms with E-state index in [1.807, 2.05) is 13.0 Å². The quantitative estimate of drug-likeness (QED) is 0.804. The molecule has 2 rings (SSSR count). The summed E-state index contributed by atoms with van der Waals surface area (Å²) in [6, 6.07) is 7.39. The molecule has 0 N–H and O–H groups in total. The third-order valence-electron chi connectivity index (χ3n) is 2.21. The largest absolute Gasteiger partial charge is 0.491 e. The minimum Gasteiger partial charge on any atom is -0.491 e. The van der Waals surface area contributed by atoms with Gasteiger partial charge in [-0.15, -0.1) is 5.10 Å². The van der Waals surface area contributed by atoms with Gasteiger partial charge < -0.3 is 9.26 Å². The molecule has 1 heterocycles. The van der Waals surface area contributed by atoms with Gasteiger partial charge in [0, 0.05) is 5.27 Å². The average molecular weight is 229 g/mol. The van der Waals surface area contributed by atoms with E-state index in [2.05, 4.69) is 16.4 Å². The van der Waals surface area contributed by atoms with Gasteiger partial charge in [0.05, 0.1) is 23.9 Å². The Morgan fingerprint density at radius 1 is 1.47 bits per heavy atom. The highest BCUT2D eigenvalue weighted by Gasteiger charge is 2.14. The summed E-state index contributed by atoms with van der Waals surface area (Å²) < 4.78 is 10.6. The van der Waals surface area contributed by atoms with Gasteiger partial charge in [-0.05, 0) is 18.6 Å². The second-order valence-electron chi connectivity index (χ2n) is 3.42. The zero-order valence-electron chi connectivity index (χ0n) is 9.38. The molecule has 0 unspecified atom stereocenters. The topological polar surface area (TPSA) is 71.9 Å².